The van der Waals surface area contributed by atoms with Crippen molar-refractivity contribution < 1.29 is 24.0 Å². The lowest BCUT2D eigenvalue weighted by atomic mass is 9.98. The lowest BCUT2D eigenvalue weighted by Crippen LogP contribution is -2.43. The summed E-state index contributed by atoms with van der Waals surface area (Å²) in [6.45, 7) is 0.146. The van der Waals surface area contributed by atoms with E-state index in [1.165, 1.54) is 6.07 Å². The Morgan fingerprint density at radius 2 is 1.66 bits per heavy atom. The molecule has 4 rings (SSSR count). The van der Waals surface area contributed by atoms with Crippen molar-refractivity contribution in [2.24, 2.45) is 0 Å². The van der Waals surface area contributed by atoms with E-state index in [0.29, 0.717) is 4.47 Å². The van der Waals surface area contributed by atoms with Gasteiger partial charge in [-0.25, -0.2) is 9.59 Å². The zero-order valence-corrected chi connectivity index (χ0v) is 19.7. The van der Waals surface area contributed by atoms with Crippen molar-refractivity contribution in [3.63, 3.8) is 0 Å². The number of phenolic OH excluding ortho intramolecular Hbond substituents is 1. The van der Waals surface area contributed by atoms with Crippen molar-refractivity contribution in [1.29, 1.82) is 0 Å². The molecule has 0 bridgehead atoms. The molecule has 0 radical (unpaired) electrons. The number of aromatic hydroxyl groups is 1. The number of carbonyl (C=O) groups is 2. The van der Waals surface area contributed by atoms with Gasteiger partial charge in [0.25, 0.3) is 0 Å². The van der Waals surface area contributed by atoms with E-state index in [9.17, 15) is 14.7 Å². The smallest absolute Gasteiger partial charge is 0.407 e. The summed E-state index contributed by atoms with van der Waals surface area (Å²) in [7, 11) is 1.90. The van der Waals surface area contributed by atoms with Crippen LogP contribution in [0.3, 0.4) is 0 Å². The highest BCUT2D eigenvalue weighted by Gasteiger charge is 2.30. The second-order valence-corrected chi connectivity index (χ2v) is 8.54. The molecule has 1 aliphatic carbocycles. The lowest BCUT2D eigenvalue weighted by molar-refractivity contribution is -0.135. The number of rotatable bonds is 6. The number of amides is 1. The van der Waals surface area contributed by atoms with Gasteiger partial charge in [0.1, 0.15) is 18.4 Å². The molecule has 0 spiro atoms. The molecular weight excluding hydrogens is 493 g/mol. The molecular formula is C24H21BrNO5P. The van der Waals surface area contributed by atoms with Crippen LogP contribution in [0.1, 0.15) is 22.6 Å². The van der Waals surface area contributed by atoms with Crippen molar-refractivity contribution in [3.8, 4) is 16.9 Å². The average Bonchev–Trinajstić information content (AvgIpc) is 3.13. The van der Waals surface area contributed by atoms with Crippen LogP contribution in [-0.2, 0) is 20.5 Å². The fraction of sp³-hybridized carbons (Fsp3) is 0.167. The summed E-state index contributed by atoms with van der Waals surface area (Å²) in [5, 5.41) is 12.3. The summed E-state index contributed by atoms with van der Waals surface area (Å²) < 4.78 is 10.8. The van der Waals surface area contributed by atoms with Crippen LogP contribution >= 0.6 is 25.4 Å². The van der Waals surface area contributed by atoms with Gasteiger partial charge in [-0.3, -0.25) is 0 Å². The van der Waals surface area contributed by atoms with Gasteiger partial charge >= 0.3 is 12.1 Å². The summed E-state index contributed by atoms with van der Waals surface area (Å²) >= 11 is 3.25. The van der Waals surface area contributed by atoms with Crippen LogP contribution in [-0.4, -0.2) is 29.8 Å². The number of carbonyl (C=O) groups excluding carboxylic acids is 2. The van der Waals surface area contributed by atoms with Crippen molar-refractivity contribution in [1.82, 2.24) is 5.32 Å². The van der Waals surface area contributed by atoms with Gasteiger partial charge < -0.3 is 19.7 Å². The topological polar surface area (TPSA) is 84.9 Å². The van der Waals surface area contributed by atoms with Gasteiger partial charge in [-0.1, -0.05) is 54.6 Å². The molecule has 3 aromatic carbocycles. The van der Waals surface area contributed by atoms with Gasteiger partial charge in [-0.2, -0.15) is 0 Å². The normalized spacial score (nSPS) is 13.1. The number of fused-ring (bicyclic) bond motifs is 3. The number of hydrogen-bond donors (Lipinski definition) is 2. The summed E-state index contributed by atoms with van der Waals surface area (Å²) in [5.74, 6) is -0.607. The molecule has 1 unspecified atom stereocenters. The largest absolute Gasteiger partial charge is 0.507 e. The maximum Gasteiger partial charge on any atom is 0.407 e. The average molecular weight is 514 g/mol. The van der Waals surface area contributed by atoms with E-state index in [-0.39, 0.29) is 24.7 Å². The predicted molar refractivity (Wildman–Crippen MR) is 127 cm³/mol. The highest BCUT2D eigenvalue weighted by atomic mass is 79.9. The molecule has 0 aromatic heterocycles. The molecule has 3 aromatic rings. The van der Waals surface area contributed by atoms with Crippen molar-refractivity contribution in [2.45, 2.75) is 18.4 Å². The first-order chi connectivity index (χ1) is 15.5. The van der Waals surface area contributed by atoms with Crippen LogP contribution in [0.15, 0.2) is 71.2 Å². The Morgan fingerprint density at radius 1 is 1.03 bits per heavy atom. The number of alkyl carbamates (subject to hydrolysis) is 1. The van der Waals surface area contributed by atoms with E-state index in [0.717, 1.165) is 27.8 Å². The first kappa shape index (κ1) is 22.3. The Labute approximate surface area is 196 Å². The van der Waals surface area contributed by atoms with Gasteiger partial charge in [-0.15, -0.1) is 0 Å². The van der Waals surface area contributed by atoms with Crippen LogP contribution in [0.2, 0.25) is 0 Å². The number of halogens is 1. The van der Waals surface area contributed by atoms with Crippen LogP contribution in [0.5, 0.6) is 5.75 Å². The number of hydrogen-bond acceptors (Lipinski definition) is 5. The minimum absolute atomic E-state index is 0.0756. The molecule has 32 heavy (non-hydrogen) atoms. The number of phenols is 1. The molecule has 6 nitrogen and oxygen atoms in total. The molecule has 2 atom stereocenters. The third kappa shape index (κ3) is 4.64. The van der Waals surface area contributed by atoms with Gasteiger partial charge in [0.15, 0.2) is 0 Å². The monoisotopic (exact) mass is 513 g/mol. The SMILES string of the molecule is O=C(N[C@@H](Cc1ccc(O)c(Br)c1)C(=O)OP)OCC1c2ccccc2-c2ccccc21. The standard InChI is InChI=1S/C24H21BrNO5P/c25-20-11-14(9-10-22(20)27)12-21(23(28)31-32)26-24(29)30-13-19-17-7-3-1-5-15(17)16-6-2-4-8-18(16)19/h1-11,19,21,27H,12-13,32H2,(H,26,29)/t21-/m0/s1. The van der Waals surface area contributed by atoms with E-state index in [1.807, 2.05) is 45.9 Å². The van der Waals surface area contributed by atoms with Gasteiger partial charge in [0, 0.05) is 12.3 Å². The Morgan fingerprint density at radius 3 is 2.25 bits per heavy atom. The first-order valence-corrected chi connectivity index (χ1v) is 11.2. The Balaban J connectivity index is 1.45. The molecule has 1 amide bonds. The van der Waals surface area contributed by atoms with Crippen LogP contribution in [0, 0.1) is 0 Å². The lowest BCUT2D eigenvalue weighted by Gasteiger charge is -2.18. The molecule has 2 N–H and O–H groups in total. The Kier molecular flexibility index (Phi) is 6.77. The van der Waals surface area contributed by atoms with Gasteiger partial charge in [0.2, 0.25) is 0 Å². The molecule has 0 fully saturated rings. The maximum atomic E-state index is 12.6. The Hall–Kier alpha value is -2.89. The summed E-state index contributed by atoms with van der Waals surface area (Å²) in [6, 6.07) is 20.0. The summed E-state index contributed by atoms with van der Waals surface area (Å²) in [6.07, 6.45) is -0.527. The van der Waals surface area contributed by atoms with Crippen LogP contribution < -0.4 is 5.32 Å². The summed E-state index contributed by atoms with van der Waals surface area (Å²) in [4.78, 5) is 24.8. The van der Waals surface area contributed by atoms with Gasteiger partial charge in [-0.05, 0) is 55.9 Å². The fourth-order valence-electron chi connectivity index (χ4n) is 3.97. The maximum absolute atomic E-state index is 12.6. The molecule has 0 heterocycles. The van der Waals surface area contributed by atoms with Crippen molar-refractivity contribution in [3.05, 3.63) is 87.9 Å². The molecule has 0 saturated heterocycles. The number of ether oxygens (including phenoxy) is 1. The highest BCUT2D eigenvalue weighted by molar-refractivity contribution is 9.10. The second-order valence-electron chi connectivity index (χ2n) is 7.45. The molecule has 8 heteroatoms. The first-order valence-electron chi connectivity index (χ1n) is 9.97. The van der Waals surface area contributed by atoms with Crippen LogP contribution in [0.4, 0.5) is 4.79 Å². The zero-order valence-electron chi connectivity index (χ0n) is 17.0. The Bertz CT molecular complexity index is 1120. The molecule has 0 aliphatic heterocycles. The van der Waals surface area contributed by atoms with E-state index in [2.05, 4.69) is 33.4 Å². The predicted octanol–water partition coefficient (Wildman–Crippen LogP) is 4.94. The quantitative estimate of drug-likeness (QED) is 0.456. The number of benzene rings is 3. The minimum atomic E-state index is -0.945. The van der Waals surface area contributed by atoms with E-state index in [1.54, 1.807) is 12.1 Å². The third-order valence-electron chi connectivity index (χ3n) is 5.49. The third-order valence-corrected chi connectivity index (χ3v) is 6.36. The zero-order chi connectivity index (χ0) is 22.7. The second kappa shape index (κ2) is 9.72. The highest BCUT2D eigenvalue weighted by Crippen LogP contribution is 2.44. The van der Waals surface area contributed by atoms with Gasteiger partial charge in [0.05, 0.1) is 13.9 Å². The van der Waals surface area contributed by atoms with E-state index < -0.39 is 18.1 Å². The fourth-order valence-corrected chi connectivity index (χ4v) is 4.56. The van der Waals surface area contributed by atoms with Crippen molar-refractivity contribution in [2.75, 3.05) is 6.61 Å². The summed E-state index contributed by atoms with van der Waals surface area (Å²) in [5.41, 5.74) is 5.22. The number of nitrogens with one attached hydrogen (secondary N) is 1. The molecule has 164 valence electrons. The van der Waals surface area contributed by atoms with E-state index >= 15 is 0 Å². The van der Waals surface area contributed by atoms with Crippen molar-refractivity contribution >= 4 is 37.5 Å². The van der Waals surface area contributed by atoms with Crippen LogP contribution in [0.25, 0.3) is 11.1 Å². The molecule has 0 saturated carbocycles. The molecule has 1 aliphatic rings. The van der Waals surface area contributed by atoms with E-state index in [4.69, 9.17) is 9.26 Å². The minimum Gasteiger partial charge on any atom is -0.507 e.